The van der Waals surface area contributed by atoms with Gasteiger partial charge in [0.15, 0.2) is 17.1 Å². The van der Waals surface area contributed by atoms with E-state index < -0.39 is 23.1 Å². The van der Waals surface area contributed by atoms with Gasteiger partial charge < -0.3 is 9.47 Å². The van der Waals surface area contributed by atoms with Crippen LogP contribution in [0.2, 0.25) is 0 Å². The zero-order valence-electron chi connectivity index (χ0n) is 20.5. The standard InChI is InChI=1S/C24H29N5O6/c1-12(2)11-29-20-19(23(32)26-24(29)33)15(10-16(25-20)13(3)4)22(31)28-27-21(30)14-7-8-17(34-5)18(9-14)35-6/h7-10,12-13H,11H2,1-6H3,(H,27,30)(H,28,31)(H,26,32,33). The van der Waals surface area contributed by atoms with Gasteiger partial charge in [-0.3, -0.25) is 34.8 Å². The predicted molar refractivity (Wildman–Crippen MR) is 130 cm³/mol. The molecule has 0 radical (unpaired) electrons. The second kappa shape index (κ2) is 10.4. The Morgan fingerprint density at radius 1 is 1.00 bits per heavy atom. The van der Waals surface area contributed by atoms with Gasteiger partial charge in [-0.15, -0.1) is 0 Å². The van der Waals surface area contributed by atoms with Crippen molar-refractivity contribution in [1.29, 1.82) is 0 Å². The van der Waals surface area contributed by atoms with Crippen LogP contribution in [0.3, 0.4) is 0 Å². The van der Waals surface area contributed by atoms with Crippen molar-refractivity contribution >= 4 is 22.8 Å². The molecule has 35 heavy (non-hydrogen) atoms. The normalized spacial score (nSPS) is 11.1. The fraction of sp³-hybridized carbons (Fsp3) is 0.375. The van der Waals surface area contributed by atoms with Crippen LogP contribution < -0.4 is 31.6 Å². The molecule has 2 aromatic heterocycles. The number of hydrogen-bond acceptors (Lipinski definition) is 7. The maximum Gasteiger partial charge on any atom is 0.330 e. The summed E-state index contributed by atoms with van der Waals surface area (Å²) in [6.07, 6.45) is 0. The van der Waals surface area contributed by atoms with Crippen LogP contribution >= 0.6 is 0 Å². The molecule has 11 nitrogen and oxygen atoms in total. The molecule has 2 heterocycles. The summed E-state index contributed by atoms with van der Waals surface area (Å²) in [6, 6.07) is 6.03. The Morgan fingerprint density at radius 3 is 2.26 bits per heavy atom. The van der Waals surface area contributed by atoms with E-state index in [-0.39, 0.29) is 34.0 Å². The SMILES string of the molecule is COc1ccc(C(=O)NNC(=O)c2cc(C(C)C)nc3c2c(=O)[nH]c(=O)n3CC(C)C)cc1OC. The van der Waals surface area contributed by atoms with Crippen molar-refractivity contribution in [3.8, 4) is 11.5 Å². The number of H-pyrrole nitrogens is 1. The van der Waals surface area contributed by atoms with Crippen LogP contribution in [0.15, 0.2) is 33.9 Å². The number of benzene rings is 1. The van der Waals surface area contributed by atoms with Gasteiger partial charge in [-0.25, -0.2) is 9.78 Å². The third kappa shape index (κ3) is 5.34. The van der Waals surface area contributed by atoms with E-state index in [0.29, 0.717) is 23.7 Å². The number of carbonyl (C=O) groups is 2. The maximum absolute atomic E-state index is 13.1. The summed E-state index contributed by atoms with van der Waals surface area (Å²) in [6.45, 7) is 7.91. The van der Waals surface area contributed by atoms with Crippen LogP contribution in [0, 0.1) is 5.92 Å². The first-order chi connectivity index (χ1) is 16.6. The first-order valence-corrected chi connectivity index (χ1v) is 11.1. The van der Waals surface area contributed by atoms with E-state index in [1.807, 2.05) is 27.7 Å². The van der Waals surface area contributed by atoms with E-state index in [4.69, 9.17) is 9.47 Å². The molecule has 1 aromatic carbocycles. The summed E-state index contributed by atoms with van der Waals surface area (Å²) in [7, 11) is 2.92. The molecule has 0 aliphatic heterocycles. The zero-order valence-corrected chi connectivity index (χ0v) is 20.5. The smallest absolute Gasteiger partial charge is 0.330 e. The number of amides is 2. The number of nitrogens with one attached hydrogen (secondary N) is 3. The Labute approximate surface area is 201 Å². The number of carbonyl (C=O) groups excluding carboxylic acids is 2. The molecule has 3 aromatic rings. The van der Waals surface area contributed by atoms with E-state index in [9.17, 15) is 19.2 Å². The number of nitrogens with zero attached hydrogens (tertiary/aromatic N) is 2. The van der Waals surface area contributed by atoms with E-state index >= 15 is 0 Å². The van der Waals surface area contributed by atoms with Crippen LogP contribution in [0.5, 0.6) is 11.5 Å². The number of hydrogen-bond donors (Lipinski definition) is 3. The molecule has 0 fully saturated rings. The predicted octanol–water partition coefficient (Wildman–Crippen LogP) is 1.96. The highest BCUT2D eigenvalue weighted by Gasteiger charge is 2.21. The minimum atomic E-state index is -0.732. The van der Waals surface area contributed by atoms with Gasteiger partial charge in [0.05, 0.1) is 25.2 Å². The molecule has 0 atom stereocenters. The van der Waals surface area contributed by atoms with Crippen molar-refractivity contribution in [2.45, 2.75) is 40.2 Å². The molecule has 186 valence electrons. The van der Waals surface area contributed by atoms with Crippen molar-refractivity contribution in [3.63, 3.8) is 0 Å². The lowest BCUT2D eigenvalue weighted by Crippen LogP contribution is -2.42. The Morgan fingerprint density at radius 2 is 1.66 bits per heavy atom. The molecule has 0 unspecified atom stereocenters. The average molecular weight is 484 g/mol. The third-order valence-corrected chi connectivity index (χ3v) is 5.29. The molecule has 3 rings (SSSR count). The molecule has 0 aliphatic rings. The van der Waals surface area contributed by atoms with E-state index in [1.54, 1.807) is 6.07 Å². The van der Waals surface area contributed by atoms with E-state index in [2.05, 4.69) is 20.8 Å². The number of methoxy groups -OCH3 is 2. The second-order valence-electron chi connectivity index (χ2n) is 8.69. The summed E-state index contributed by atoms with van der Waals surface area (Å²) in [5.41, 5.74) is 4.21. The maximum atomic E-state index is 13.1. The molecule has 0 saturated carbocycles. The topological polar surface area (TPSA) is 144 Å². The molecule has 0 saturated heterocycles. The molecular formula is C24H29N5O6. The first kappa shape index (κ1) is 25.5. The fourth-order valence-corrected chi connectivity index (χ4v) is 3.53. The number of pyridine rings is 1. The molecule has 2 amide bonds. The minimum Gasteiger partial charge on any atom is -0.493 e. The molecule has 0 aliphatic carbocycles. The third-order valence-electron chi connectivity index (χ3n) is 5.29. The van der Waals surface area contributed by atoms with Crippen molar-refractivity contribution in [3.05, 3.63) is 61.9 Å². The van der Waals surface area contributed by atoms with Crippen LogP contribution in [-0.4, -0.2) is 40.6 Å². The van der Waals surface area contributed by atoms with E-state index in [1.165, 1.54) is 37.0 Å². The van der Waals surface area contributed by atoms with Crippen LogP contribution in [0.4, 0.5) is 0 Å². The van der Waals surface area contributed by atoms with Crippen molar-refractivity contribution in [2.75, 3.05) is 14.2 Å². The summed E-state index contributed by atoms with van der Waals surface area (Å²) in [5.74, 6) is -0.536. The lowest BCUT2D eigenvalue weighted by Gasteiger charge is -2.16. The van der Waals surface area contributed by atoms with Crippen LogP contribution in [0.1, 0.15) is 60.0 Å². The van der Waals surface area contributed by atoms with Gasteiger partial charge in [-0.05, 0) is 36.1 Å². The number of aromatic amines is 1. The molecular weight excluding hydrogens is 454 g/mol. The van der Waals surface area contributed by atoms with Gasteiger partial charge in [-0.2, -0.15) is 0 Å². The molecule has 3 N–H and O–H groups in total. The molecule has 0 spiro atoms. The van der Waals surface area contributed by atoms with Crippen LogP contribution in [-0.2, 0) is 6.54 Å². The van der Waals surface area contributed by atoms with Crippen molar-refractivity contribution in [1.82, 2.24) is 25.4 Å². The van der Waals surface area contributed by atoms with Gasteiger partial charge in [0, 0.05) is 17.8 Å². The van der Waals surface area contributed by atoms with Crippen molar-refractivity contribution in [2.24, 2.45) is 5.92 Å². The van der Waals surface area contributed by atoms with E-state index in [0.717, 1.165) is 0 Å². The lowest BCUT2D eigenvalue weighted by molar-refractivity contribution is 0.0847. The number of rotatable bonds is 7. The first-order valence-electron chi connectivity index (χ1n) is 11.1. The van der Waals surface area contributed by atoms with Gasteiger partial charge in [0.25, 0.3) is 17.4 Å². The summed E-state index contributed by atoms with van der Waals surface area (Å²) < 4.78 is 11.7. The van der Waals surface area contributed by atoms with Gasteiger partial charge in [0.1, 0.15) is 0 Å². The van der Waals surface area contributed by atoms with Gasteiger partial charge in [0.2, 0.25) is 0 Å². The van der Waals surface area contributed by atoms with Crippen molar-refractivity contribution < 1.29 is 19.1 Å². The lowest BCUT2D eigenvalue weighted by atomic mass is 10.0. The Hall–Kier alpha value is -4.15. The fourth-order valence-electron chi connectivity index (χ4n) is 3.53. The highest BCUT2D eigenvalue weighted by Crippen LogP contribution is 2.27. The number of aromatic nitrogens is 3. The number of ether oxygens (including phenoxy) is 2. The summed E-state index contributed by atoms with van der Waals surface area (Å²) >= 11 is 0. The number of fused-ring (bicyclic) bond motifs is 1. The highest BCUT2D eigenvalue weighted by atomic mass is 16.5. The Bertz CT molecular complexity index is 1390. The van der Waals surface area contributed by atoms with Gasteiger partial charge in [-0.1, -0.05) is 27.7 Å². The Kier molecular flexibility index (Phi) is 7.58. The monoisotopic (exact) mass is 483 g/mol. The summed E-state index contributed by atoms with van der Waals surface area (Å²) in [4.78, 5) is 57.8. The summed E-state index contributed by atoms with van der Waals surface area (Å²) in [5, 5.41) is -0.0347. The molecule has 11 heteroatoms. The highest BCUT2D eigenvalue weighted by molar-refractivity contribution is 6.06. The average Bonchev–Trinajstić information content (AvgIpc) is 2.83. The second-order valence-corrected chi connectivity index (χ2v) is 8.69. The minimum absolute atomic E-state index is 0.00920. The molecule has 0 bridgehead atoms. The quantitative estimate of drug-likeness (QED) is 0.436. The Balaban J connectivity index is 2.01. The zero-order chi connectivity index (χ0) is 25.9. The largest absolute Gasteiger partial charge is 0.493 e. The van der Waals surface area contributed by atoms with Gasteiger partial charge >= 0.3 is 5.69 Å². The number of hydrazine groups is 1. The van der Waals surface area contributed by atoms with Crippen LogP contribution in [0.25, 0.3) is 11.0 Å².